The highest BCUT2D eigenvalue weighted by molar-refractivity contribution is 5.83. The summed E-state index contributed by atoms with van der Waals surface area (Å²) in [6, 6.07) is 9.94. The Bertz CT molecular complexity index is 905. The summed E-state index contributed by atoms with van der Waals surface area (Å²) in [5.74, 6) is 1.13. The molecule has 1 N–H and O–H groups in total. The maximum absolute atomic E-state index is 13.1. The van der Waals surface area contributed by atoms with E-state index in [1.54, 1.807) is 6.33 Å². The maximum atomic E-state index is 13.1. The van der Waals surface area contributed by atoms with Gasteiger partial charge in [0.15, 0.2) is 0 Å². The third-order valence-corrected chi connectivity index (χ3v) is 5.53. The Balaban J connectivity index is 1.44. The Morgan fingerprint density at radius 2 is 2.12 bits per heavy atom. The van der Waals surface area contributed by atoms with Crippen LogP contribution in [0, 0.1) is 0 Å². The molecule has 1 aromatic carbocycles. The van der Waals surface area contributed by atoms with Crippen molar-refractivity contribution in [2.24, 2.45) is 0 Å². The van der Waals surface area contributed by atoms with Crippen LogP contribution in [0.15, 0.2) is 41.1 Å². The molecule has 6 heteroatoms. The fourth-order valence-corrected chi connectivity index (χ4v) is 4.16. The molecule has 1 atom stereocenters. The first-order chi connectivity index (χ1) is 12.8. The summed E-state index contributed by atoms with van der Waals surface area (Å²) in [6.45, 7) is 3.07. The van der Waals surface area contributed by atoms with Crippen molar-refractivity contribution in [3.05, 3.63) is 53.8 Å². The van der Waals surface area contributed by atoms with E-state index in [1.165, 1.54) is 0 Å². The lowest BCUT2D eigenvalue weighted by atomic mass is 10.0. The van der Waals surface area contributed by atoms with Gasteiger partial charge in [-0.05, 0) is 25.0 Å². The summed E-state index contributed by atoms with van der Waals surface area (Å²) in [7, 11) is 0. The van der Waals surface area contributed by atoms with E-state index in [4.69, 9.17) is 4.42 Å². The number of imidazole rings is 1. The van der Waals surface area contributed by atoms with Gasteiger partial charge in [0.25, 0.3) is 0 Å². The number of aromatic amines is 1. The summed E-state index contributed by atoms with van der Waals surface area (Å²) in [6.07, 6.45) is 4.60. The van der Waals surface area contributed by atoms with Gasteiger partial charge in [0.1, 0.15) is 11.3 Å². The van der Waals surface area contributed by atoms with Crippen LogP contribution in [0.1, 0.15) is 30.0 Å². The first-order valence-electron chi connectivity index (χ1n) is 9.29. The van der Waals surface area contributed by atoms with Crippen LogP contribution in [0.25, 0.3) is 11.0 Å². The quantitative estimate of drug-likeness (QED) is 0.789. The molecule has 2 aromatic heterocycles. The van der Waals surface area contributed by atoms with Crippen molar-refractivity contribution in [3.63, 3.8) is 0 Å². The molecule has 0 aliphatic carbocycles. The van der Waals surface area contributed by atoms with Gasteiger partial charge in [-0.1, -0.05) is 18.2 Å². The molecule has 2 aliphatic heterocycles. The second kappa shape index (κ2) is 6.29. The highest BCUT2D eigenvalue weighted by Crippen LogP contribution is 2.27. The number of carbonyl (C=O) groups is 1. The van der Waals surface area contributed by atoms with Gasteiger partial charge in [0.2, 0.25) is 5.91 Å². The molecule has 0 radical (unpaired) electrons. The van der Waals surface area contributed by atoms with E-state index in [-0.39, 0.29) is 11.9 Å². The van der Waals surface area contributed by atoms with Crippen molar-refractivity contribution in [1.82, 2.24) is 19.8 Å². The third-order valence-electron chi connectivity index (χ3n) is 5.53. The van der Waals surface area contributed by atoms with E-state index >= 15 is 0 Å². The maximum Gasteiger partial charge on any atom is 0.240 e. The van der Waals surface area contributed by atoms with Crippen molar-refractivity contribution >= 4 is 16.9 Å². The SMILES string of the molecule is O=C(C1Cc2nc[nH]c2CN1Cc1cc2ccccc2o1)N1CCCC1. The predicted molar refractivity (Wildman–Crippen MR) is 97.4 cm³/mol. The van der Waals surface area contributed by atoms with Gasteiger partial charge >= 0.3 is 0 Å². The molecule has 2 aliphatic rings. The van der Waals surface area contributed by atoms with Crippen LogP contribution in [-0.4, -0.2) is 44.8 Å². The molecule has 0 bridgehead atoms. The van der Waals surface area contributed by atoms with E-state index in [2.05, 4.69) is 27.0 Å². The number of para-hydroxylation sites is 1. The Kier molecular flexibility index (Phi) is 3.78. The summed E-state index contributed by atoms with van der Waals surface area (Å²) >= 11 is 0. The minimum Gasteiger partial charge on any atom is -0.460 e. The molecule has 0 spiro atoms. The van der Waals surface area contributed by atoms with Gasteiger partial charge in [-0.15, -0.1) is 0 Å². The number of nitrogens with one attached hydrogen (secondary N) is 1. The van der Waals surface area contributed by atoms with Gasteiger partial charge < -0.3 is 14.3 Å². The molecule has 1 unspecified atom stereocenters. The largest absolute Gasteiger partial charge is 0.460 e. The number of likely N-dealkylation sites (tertiary alicyclic amines) is 1. The monoisotopic (exact) mass is 350 g/mol. The average molecular weight is 350 g/mol. The smallest absolute Gasteiger partial charge is 0.240 e. The number of H-pyrrole nitrogens is 1. The van der Waals surface area contributed by atoms with Crippen molar-refractivity contribution in [2.75, 3.05) is 13.1 Å². The first kappa shape index (κ1) is 15.6. The molecule has 5 rings (SSSR count). The second-order valence-electron chi connectivity index (χ2n) is 7.24. The van der Waals surface area contributed by atoms with E-state index < -0.39 is 0 Å². The zero-order valence-electron chi connectivity index (χ0n) is 14.6. The molecule has 1 saturated heterocycles. The Hall–Kier alpha value is -2.60. The first-order valence-corrected chi connectivity index (χ1v) is 9.29. The van der Waals surface area contributed by atoms with Gasteiger partial charge in [-0.2, -0.15) is 0 Å². The topological polar surface area (TPSA) is 65.4 Å². The zero-order chi connectivity index (χ0) is 17.5. The highest BCUT2D eigenvalue weighted by Gasteiger charge is 2.36. The standard InChI is InChI=1S/C20H22N4O2/c25-20(23-7-3-4-8-23)18-10-16-17(22-13-21-16)12-24(18)11-15-9-14-5-1-2-6-19(14)26-15/h1-2,5-6,9,13,18H,3-4,7-8,10-12H2,(H,21,22). The number of nitrogens with zero attached hydrogens (tertiary/aromatic N) is 3. The van der Waals surface area contributed by atoms with E-state index in [1.807, 2.05) is 23.1 Å². The van der Waals surface area contributed by atoms with E-state index in [0.29, 0.717) is 19.5 Å². The Labute approximate surface area is 151 Å². The van der Waals surface area contributed by atoms with Crippen LogP contribution in [0.2, 0.25) is 0 Å². The number of amides is 1. The lowest BCUT2D eigenvalue weighted by Crippen LogP contribution is -2.50. The molecule has 1 amide bonds. The number of rotatable bonds is 3. The van der Waals surface area contributed by atoms with Crippen LogP contribution in [0.4, 0.5) is 0 Å². The highest BCUT2D eigenvalue weighted by atomic mass is 16.3. The zero-order valence-corrected chi connectivity index (χ0v) is 14.6. The molecule has 3 aromatic rings. The Morgan fingerprint density at radius 1 is 1.27 bits per heavy atom. The minimum absolute atomic E-state index is 0.169. The molecular formula is C20H22N4O2. The summed E-state index contributed by atoms with van der Waals surface area (Å²) < 4.78 is 6.00. The molecule has 0 saturated carbocycles. The number of aromatic nitrogens is 2. The van der Waals surface area contributed by atoms with E-state index in [0.717, 1.165) is 54.0 Å². The number of carbonyl (C=O) groups excluding carboxylic acids is 1. The van der Waals surface area contributed by atoms with E-state index in [9.17, 15) is 4.79 Å². The second-order valence-corrected chi connectivity index (χ2v) is 7.24. The normalized spacial score (nSPS) is 20.6. The number of furan rings is 1. The van der Waals surface area contributed by atoms with Crippen LogP contribution in [-0.2, 0) is 24.3 Å². The third kappa shape index (κ3) is 2.70. The predicted octanol–water partition coefficient (Wildman–Crippen LogP) is 2.71. The Morgan fingerprint density at radius 3 is 2.96 bits per heavy atom. The molecular weight excluding hydrogens is 328 g/mol. The molecule has 26 heavy (non-hydrogen) atoms. The molecule has 1 fully saturated rings. The molecule has 6 nitrogen and oxygen atoms in total. The lowest BCUT2D eigenvalue weighted by Gasteiger charge is -2.35. The number of hydrogen-bond donors (Lipinski definition) is 1. The van der Waals surface area contributed by atoms with Crippen LogP contribution >= 0.6 is 0 Å². The van der Waals surface area contributed by atoms with Crippen LogP contribution in [0.5, 0.6) is 0 Å². The van der Waals surface area contributed by atoms with Gasteiger partial charge in [0, 0.05) is 31.4 Å². The van der Waals surface area contributed by atoms with Crippen molar-refractivity contribution in [3.8, 4) is 0 Å². The number of hydrogen-bond acceptors (Lipinski definition) is 4. The van der Waals surface area contributed by atoms with Gasteiger partial charge in [-0.25, -0.2) is 4.98 Å². The van der Waals surface area contributed by atoms with Crippen molar-refractivity contribution in [2.45, 2.75) is 38.4 Å². The summed E-state index contributed by atoms with van der Waals surface area (Å²) in [5.41, 5.74) is 3.01. The number of fused-ring (bicyclic) bond motifs is 2. The average Bonchev–Trinajstić information content (AvgIpc) is 3.39. The van der Waals surface area contributed by atoms with Crippen molar-refractivity contribution < 1.29 is 9.21 Å². The summed E-state index contributed by atoms with van der Waals surface area (Å²) in [4.78, 5) is 25.0. The van der Waals surface area contributed by atoms with Gasteiger partial charge in [-0.3, -0.25) is 9.69 Å². The van der Waals surface area contributed by atoms with Gasteiger partial charge in [0.05, 0.1) is 30.3 Å². The number of benzene rings is 1. The molecule has 4 heterocycles. The minimum atomic E-state index is -0.169. The fourth-order valence-electron chi connectivity index (χ4n) is 4.16. The van der Waals surface area contributed by atoms with Crippen LogP contribution < -0.4 is 0 Å². The van der Waals surface area contributed by atoms with Crippen LogP contribution in [0.3, 0.4) is 0 Å². The molecule has 134 valence electrons. The van der Waals surface area contributed by atoms with Crippen molar-refractivity contribution in [1.29, 1.82) is 0 Å². The fraction of sp³-hybridized carbons (Fsp3) is 0.400. The lowest BCUT2D eigenvalue weighted by molar-refractivity contribution is -0.137. The summed E-state index contributed by atoms with van der Waals surface area (Å²) in [5, 5.41) is 1.10.